The number of hydrogen-bond donors (Lipinski definition) is 1. The Balaban J connectivity index is 2.26. The van der Waals surface area contributed by atoms with E-state index in [2.05, 4.69) is 21.2 Å². The van der Waals surface area contributed by atoms with Crippen LogP contribution < -0.4 is 5.32 Å². The maximum Gasteiger partial charge on any atom is 0.317 e. The molecule has 0 saturated carbocycles. The van der Waals surface area contributed by atoms with E-state index in [1.807, 2.05) is 12.1 Å². The van der Waals surface area contributed by atoms with Gasteiger partial charge in [-0.3, -0.25) is 4.79 Å². The molecular formula is C13H19BrN2O3S. The Bertz CT molecular complexity index is 462. The van der Waals surface area contributed by atoms with Crippen LogP contribution in [-0.4, -0.2) is 36.6 Å². The summed E-state index contributed by atoms with van der Waals surface area (Å²) in [7, 11) is 1.72. The highest BCUT2D eigenvalue weighted by molar-refractivity contribution is 9.11. The SMILES string of the molecule is CC(C)OC(=O)CCNC(=O)N(C)Cc1ccc(Br)s1. The van der Waals surface area contributed by atoms with Gasteiger partial charge in [-0.05, 0) is 41.9 Å². The predicted octanol–water partition coefficient (Wildman–Crippen LogP) is 2.99. The number of rotatable bonds is 6. The maximum atomic E-state index is 11.8. The molecule has 1 aromatic rings. The van der Waals surface area contributed by atoms with Crippen LogP contribution in [0.2, 0.25) is 0 Å². The minimum atomic E-state index is -0.301. The molecule has 0 atom stereocenters. The van der Waals surface area contributed by atoms with E-state index in [-0.39, 0.29) is 31.1 Å². The monoisotopic (exact) mass is 362 g/mol. The van der Waals surface area contributed by atoms with Crippen molar-refractivity contribution in [3.05, 3.63) is 20.8 Å². The topological polar surface area (TPSA) is 58.6 Å². The van der Waals surface area contributed by atoms with Gasteiger partial charge in [0.25, 0.3) is 0 Å². The molecule has 1 heterocycles. The summed E-state index contributed by atoms with van der Waals surface area (Å²) in [6.45, 7) is 4.41. The molecule has 0 aliphatic carbocycles. The first-order chi connectivity index (χ1) is 9.38. The molecular weight excluding hydrogens is 344 g/mol. The van der Waals surface area contributed by atoms with Crippen LogP contribution in [-0.2, 0) is 16.1 Å². The van der Waals surface area contributed by atoms with E-state index in [1.54, 1.807) is 37.1 Å². The van der Waals surface area contributed by atoms with Gasteiger partial charge < -0.3 is 15.0 Å². The standard InChI is InChI=1S/C13H19BrN2O3S/c1-9(2)19-12(17)6-7-15-13(18)16(3)8-10-4-5-11(14)20-10/h4-5,9H,6-8H2,1-3H3,(H,15,18). The average Bonchev–Trinajstić information content (AvgIpc) is 2.73. The molecule has 1 rings (SSSR count). The summed E-state index contributed by atoms with van der Waals surface area (Å²) in [6, 6.07) is 3.72. The largest absolute Gasteiger partial charge is 0.463 e. The maximum absolute atomic E-state index is 11.8. The van der Waals surface area contributed by atoms with Crippen molar-refractivity contribution in [3.63, 3.8) is 0 Å². The molecule has 7 heteroatoms. The first kappa shape index (κ1) is 17.0. The van der Waals surface area contributed by atoms with Gasteiger partial charge in [0.2, 0.25) is 0 Å². The number of amides is 2. The summed E-state index contributed by atoms with van der Waals surface area (Å²) in [6.07, 6.45) is 0.0561. The Hall–Kier alpha value is -1.08. The van der Waals surface area contributed by atoms with Crippen molar-refractivity contribution in [1.82, 2.24) is 10.2 Å². The van der Waals surface area contributed by atoms with Gasteiger partial charge in [0, 0.05) is 18.5 Å². The van der Waals surface area contributed by atoms with Gasteiger partial charge in [0.15, 0.2) is 0 Å². The Morgan fingerprint density at radius 2 is 2.15 bits per heavy atom. The van der Waals surface area contributed by atoms with E-state index in [4.69, 9.17) is 4.74 Å². The molecule has 20 heavy (non-hydrogen) atoms. The Morgan fingerprint density at radius 1 is 1.45 bits per heavy atom. The highest BCUT2D eigenvalue weighted by Gasteiger charge is 2.11. The van der Waals surface area contributed by atoms with Crippen molar-refractivity contribution in [2.24, 2.45) is 0 Å². The van der Waals surface area contributed by atoms with Crippen LogP contribution in [0.25, 0.3) is 0 Å². The number of nitrogens with zero attached hydrogens (tertiary/aromatic N) is 1. The van der Waals surface area contributed by atoms with Crippen molar-refractivity contribution in [1.29, 1.82) is 0 Å². The highest BCUT2D eigenvalue weighted by Crippen LogP contribution is 2.22. The van der Waals surface area contributed by atoms with Crippen LogP contribution in [0.3, 0.4) is 0 Å². The first-order valence-electron chi connectivity index (χ1n) is 6.31. The molecule has 2 amide bonds. The molecule has 0 aromatic carbocycles. The van der Waals surface area contributed by atoms with Crippen molar-refractivity contribution >= 4 is 39.3 Å². The van der Waals surface area contributed by atoms with Gasteiger partial charge in [0.1, 0.15) is 0 Å². The van der Waals surface area contributed by atoms with Crippen LogP contribution in [0.1, 0.15) is 25.1 Å². The minimum Gasteiger partial charge on any atom is -0.463 e. The fraction of sp³-hybridized carbons (Fsp3) is 0.538. The number of halogens is 1. The van der Waals surface area contributed by atoms with Gasteiger partial charge >= 0.3 is 12.0 Å². The zero-order chi connectivity index (χ0) is 15.1. The number of esters is 1. The summed E-state index contributed by atoms with van der Waals surface area (Å²) < 4.78 is 6.02. The highest BCUT2D eigenvalue weighted by atomic mass is 79.9. The molecule has 0 bridgehead atoms. The molecule has 1 N–H and O–H groups in total. The van der Waals surface area contributed by atoms with Gasteiger partial charge in [-0.25, -0.2) is 4.79 Å². The second-order valence-corrected chi connectivity index (χ2v) is 7.13. The van der Waals surface area contributed by atoms with E-state index >= 15 is 0 Å². The second-order valence-electron chi connectivity index (χ2n) is 4.58. The normalized spacial score (nSPS) is 10.4. The molecule has 112 valence electrons. The molecule has 0 unspecified atom stereocenters. The molecule has 5 nitrogen and oxygen atoms in total. The molecule has 0 radical (unpaired) electrons. The quantitative estimate of drug-likeness (QED) is 0.791. The molecule has 0 spiro atoms. The summed E-state index contributed by atoms with van der Waals surface area (Å²) in [4.78, 5) is 25.8. The lowest BCUT2D eigenvalue weighted by Gasteiger charge is -2.17. The predicted molar refractivity (Wildman–Crippen MR) is 82.7 cm³/mol. The number of nitrogens with one attached hydrogen (secondary N) is 1. The third-order valence-corrected chi connectivity index (χ3v) is 3.95. The van der Waals surface area contributed by atoms with E-state index < -0.39 is 0 Å². The summed E-state index contributed by atoms with van der Waals surface area (Å²) >= 11 is 4.97. The lowest BCUT2D eigenvalue weighted by molar-refractivity contribution is -0.147. The van der Waals surface area contributed by atoms with Crippen molar-refractivity contribution < 1.29 is 14.3 Å². The summed E-state index contributed by atoms with van der Waals surface area (Å²) in [5.74, 6) is -0.301. The van der Waals surface area contributed by atoms with Gasteiger partial charge in [-0.15, -0.1) is 11.3 Å². The van der Waals surface area contributed by atoms with Crippen molar-refractivity contribution in [3.8, 4) is 0 Å². The lowest BCUT2D eigenvalue weighted by Crippen LogP contribution is -2.37. The fourth-order valence-electron chi connectivity index (χ4n) is 1.47. The van der Waals surface area contributed by atoms with Crippen LogP contribution in [0.5, 0.6) is 0 Å². The summed E-state index contributed by atoms with van der Waals surface area (Å²) in [5, 5.41) is 2.69. The average molecular weight is 363 g/mol. The number of carbonyl (C=O) groups excluding carboxylic acids is 2. The fourth-order valence-corrected chi connectivity index (χ4v) is 3.01. The number of ether oxygens (including phenoxy) is 1. The van der Waals surface area contributed by atoms with Crippen LogP contribution >= 0.6 is 27.3 Å². The van der Waals surface area contributed by atoms with Gasteiger partial charge in [-0.1, -0.05) is 0 Å². The van der Waals surface area contributed by atoms with Gasteiger partial charge in [-0.2, -0.15) is 0 Å². The molecule has 0 aliphatic heterocycles. The number of thiophene rings is 1. The minimum absolute atomic E-state index is 0.127. The smallest absolute Gasteiger partial charge is 0.317 e. The van der Waals surface area contributed by atoms with E-state index in [0.29, 0.717) is 6.54 Å². The zero-order valence-corrected chi connectivity index (χ0v) is 14.2. The number of hydrogen-bond acceptors (Lipinski definition) is 4. The summed E-state index contributed by atoms with van der Waals surface area (Å²) in [5.41, 5.74) is 0. The third-order valence-electron chi connectivity index (χ3n) is 2.34. The van der Waals surface area contributed by atoms with Crippen molar-refractivity contribution in [2.75, 3.05) is 13.6 Å². The van der Waals surface area contributed by atoms with E-state index in [0.717, 1.165) is 8.66 Å². The molecule has 0 saturated heterocycles. The first-order valence-corrected chi connectivity index (χ1v) is 7.92. The zero-order valence-electron chi connectivity index (χ0n) is 11.8. The van der Waals surface area contributed by atoms with Crippen LogP contribution in [0.4, 0.5) is 4.79 Å². The number of carbonyl (C=O) groups is 2. The van der Waals surface area contributed by atoms with Crippen molar-refractivity contribution in [2.45, 2.75) is 32.9 Å². The van der Waals surface area contributed by atoms with Crippen LogP contribution in [0, 0.1) is 0 Å². The Labute approximate surface area is 131 Å². The lowest BCUT2D eigenvalue weighted by atomic mass is 10.4. The van der Waals surface area contributed by atoms with E-state index in [9.17, 15) is 9.59 Å². The van der Waals surface area contributed by atoms with E-state index in [1.165, 1.54) is 0 Å². The second kappa shape index (κ2) is 8.26. The Morgan fingerprint density at radius 3 is 2.70 bits per heavy atom. The van der Waals surface area contributed by atoms with Gasteiger partial charge in [0.05, 0.1) is 22.9 Å². The molecule has 1 aromatic heterocycles. The number of urea groups is 1. The third kappa shape index (κ3) is 6.38. The molecule has 0 aliphatic rings. The Kier molecular flexibility index (Phi) is 7.01. The molecule has 0 fully saturated rings. The van der Waals surface area contributed by atoms with Crippen LogP contribution in [0.15, 0.2) is 15.9 Å².